The number of hydrogen-bond acceptors (Lipinski definition) is 3. The Morgan fingerprint density at radius 2 is 2.06 bits per heavy atom. The lowest BCUT2D eigenvalue weighted by atomic mass is 10.00. The molecule has 0 amide bonds. The van der Waals surface area contributed by atoms with Crippen LogP contribution in [0.15, 0.2) is 0 Å². The Morgan fingerprint density at radius 3 is 2.82 bits per heavy atom. The highest BCUT2D eigenvalue weighted by Gasteiger charge is 2.33. The average Bonchev–Trinajstić information content (AvgIpc) is 2.81. The van der Waals surface area contributed by atoms with E-state index in [9.17, 15) is 0 Å². The van der Waals surface area contributed by atoms with Crippen LogP contribution in [0, 0.1) is 5.92 Å². The van der Waals surface area contributed by atoms with Crippen molar-refractivity contribution in [2.75, 3.05) is 39.3 Å². The maximum absolute atomic E-state index is 3.48. The lowest BCUT2D eigenvalue weighted by Crippen LogP contribution is -2.54. The van der Waals surface area contributed by atoms with Crippen LogP contribution >= 0.6 is 0 Å². The van der Waals surface area contributed by atoms with Crippen LogP contribution in [0.25, 0.3) is 0 Å². The van der Waals surface area contributed by atoms with Crippen LogP contribution in [0.4, 0.5) is 0 Å². The van der Waals surface area contributed by atoms with E-state index < -0.39 is 0 Å². The van der Waals surface area contributed by atoms with Crippen LogP contribution in [0.3, 0.4) is 0 Å². The summed E-state index contributed by atoms with van der Waals surface area (Å²) >= 11 is 0. The van der Waals surface area contributed by atoms with Gasteiger partial charge in [0.2, 0.25) is 0 Å². The van der Waals surface area contributed by atoms with E-state index >= 15 is 0 Å². The second-order valence-corrected chi connectivity index (χ2v) is 5.85. The summed E-state index contributed by atoms with van der Waals surface area (Å²) in [5.41, 5.74) is 0. The first kappa shape index (κ1) is 13.3. The van der Waals surface area contributed by atoms with Gasteiger partial charge in [-0.2, -0.15) is 0 Å². The molecule has 0 aromatic carbocycles. The highest BCUT2D eigenvalue weighted by molar-refractivity contribution is 4.89. The van der Waals surface area contributed by atoms with Crippen LogP contribution in [-0.4, -0.2) is 61.2 Å². The topological polar surface area (TPSA) is 18.5 Å². The van der Waals surface area contributed by atoms with Gasteiger partial charge in [0.15, 0.2) is 0 Å². The minimum Gasteiger partial charge on any atom is -0.317 e. The summed E-state index contributed by atoms with van der Waals surface area (Å²) in [6, 6.07) is 1.58. The summed E-state index contributed by atoms with van der Waals surface area (Å²) in [7, 11) is 0. The Kier molecular flexibility index (Phi) is 4.83. The molecule has 3 nitrogen and oxygen atoms in total. The zero-order valence-electron chi connectivity index (χ0n) is 11.8. The van der Waals surface area contributed by atoms with Gasteiger partial charge >= 0.3 is 0 Å². The molecule has 2 heterocycles. The van der Waals surface area contributed by atoms with Gasteiger partial charge in [0.05, 0.1) is 0 Å². The van der Waals surface area contributed by atoms with Gasteiger partial charge in [0.1, 0.15) is 0 Å². The van der Waals surface area contributed by atoms with E-state index in [4.69, 9.17) is 0 Å². The molecular weight excluding hydrogens is 210 g/mol. The van der Waals surface area contributed by atoms with E-state index in [1.807, 2.05) is 0 Å². The van der Waals surface area contributed by atoms with Gasteiger partial charge < -0.3 is 5.32 Å². The minimum absolute atomic E-state index is 0.719. The zero-order chi connectivity index (χ0) is 12.3. The van der Waals surface area contributed by atoms with Crippen molar-refractivity contribution >= 4 is 0 Å². The Hall–Kier alpha value is -0.120. The smallest absolute Gasteiger partial charge is 0.0224 e. The molecule has 2 saturated heterocycles. The summed E-state index contributed by atoms with van der Waals surface area (Å²) in [4.78, 5) is 5.41. The van der Waals surface area contributed by atoms with Crippen molar-refractivity contribution in [1.82, 2.24) is 15.1 Å². The van der Waals surface area contributed by atoms with Crippen molar-refractivity contribution in [2.45, 2.75) is 45.7 Å². The number of piperazine rings is 1. The minimum atomic E-state index is 0.719. The molecule has 2 rings (SSSR count). The van der Waals surface area contributed by atoms with E-state index in [1.54, 1.807) is 0 Å². The van der Waals surface area contributed by atoms with Crippen molar-refractivity contribution < 1.29 is 0 Å². The molecule has 0 aliphatic carbocycles. The maximum atomic E-state index is 3.48. The summed E-state index contributed by atoms with van der Waals surface area (Å²) < 4.78 is 0. The molecule has 1 N–H and O–H groups in total. The van der Waals surface area contributed by atoms with E-state index in [2.05, 4.69) is 35.9 Å². The van der Waals surface area contributed by atoms with E-state index in [0.717, 1.165) is 31.1 Å². The maximum Gasteiger partial charge on any atom is 0.0224 e. The molecule has 2 aliphatic rings. The van der Waals surface area contributed by atoms with Crippen LogP contribution in [0.5, 0.6) is 0 Å². The predicted molar refractivity (Wildman–Crippen MR) is 73.3 cm³/mol. The molecule has 2 aliphatic heterocycles. The first-order chi connectivity index (χ1) is 8.22. The normalized spacial score (nSPS) is 30.2. The largest absolute Gasteiger partial charge is 0.317 e. The summed E-state index contributed by atoms with van der Waals surface area (Å²) in [6.45, 7) is 14.4. The Morgan fingerprint density at radius 1 is 1.24 bits per heavy atom. The lowest BCUT2D eigenvalue weighted by molar-refractivity contribution is 0.0586. The fourth-order valence-corrected chi connectivity index (χ4v) is 3.29. The van der Waals surface area contributed by atoms with Gasteiger partial charge in [-0.15, -0.1) is 0 Å². The summed E-state index contributed by atoms with van der Waals surface area (Å²) in [6.07, 6.45) is 2.84. The Balaban J connectivity index is 1.81. The molecule has 17 heavy (non-hydrogen) atoms. The molecule has 3 unspecified atom stereocenters. The van der Waals surface area contributed by atoms with Gasteiger partial charge in [0.25, 0.3) is 0 Å². The first-order valence-corrected chi connectivity index (χ1v) is 7.41. The van der Waals surface area contributed by atoms with Crippen molar-refractivity contribution in [3.8, 4) is 0 Å². The Labute approximate surface area is 107 Å². The number of hydrogen-bond donors (Lipinski definition) is 1. The van der Waals surface area contributed by atoms with E-state index in [0.29, 0.717) is 0 Å². The fourth-order valence-electron chi connectivity index (χ4n) is 3.29. The quantitative estimate of drug-likeness (QED) is 0.782. The SMILES string of the molecule is CCNCC(C)C(C)N1CCN2CCCC2C1. The third-order valence-electron chi connectivity index (χ3n) is 4.73. The molecule has 3 atom stereocenters. The second-order valence-electron chi connectivity index (χ2n) is 5.85. The standard InChI is InChI=1S/C14H29N3/c1-4-15-10-12(2)13(3)17-9-8-16-7-5-6-14(16)11-17/h12-15H,4-11H2,1-3H3. The average molecular weight is 239 g/mol. The summed E-state index contributed by atoms with van der Waals surface area (Å²) in [5.74, 6) is 0.753. The molecule has 100 valence electrons. The molecule has 0 bridgehead atoms. The van der Waals surface area contributed by atoms with Crippen LogP contribution in [-0.2, 0) is 0 Å². The third-order valence-corrected chi connectivity index (χ3v) is 4.73. The number of nitrogens with zero attached hydrogens (tertiary/aromatic N) is 2. The first-order valence-electron chi connectivity index (χ1n) is 7.41. The number of nitrogens with one attached hydrogen (secondary N) is 1. The van der Waals surface area contributed by atoms with Crippen molar-refractivity contribution in [2.24, 2.45) is 5.92 Å². The van der Waals surface area contributed by atoms with Crippen molar-refractivity contribution in [3.63, 3.8) is 0 Å². The third kappa shape index (κ3) is 3.21. The van der Waals surface area contributed by atoms with E-state index in [1.165, 1.54) is 39.0 Å². The van der Waals surface area contributed by atoms with Gasteiger partial charge in [-0.05, 0) is 45.3 Å². The molecular formula is C14H29N3. The summed E-state index contributed by atoms with van der Waals surface area (Å²) in [5, 5.41) is 3.48. The molecule has 3 heteroatoms. The fraction of sp³-hybridized carbons (Fsp3) is 1.00. The van der Waals surface area contributed by atoms with Gasteiger partial charge in [-0.3, -0.25) is 9.80 Å². The molecule has 0 spiro atoms. The molecule has 0 saturated carbocycles. The van der Waals surface area contributed by atoms with Gasteiger partial charge in [-0.1, -0.05) is 13.8 Å². The second kappa shape index (κ2) is 6.17. The Bertz CT molecular complexity index is 232. The highest BCUT2D eigenvalue weighted by Crippen LogP contribution is 2.24. The van der Waals surface area contributed by atoms with Crippen LogP contribution in [0.1, 0.15) is 33.6 Å². The van der Waals surface area contributed by atoms with Gasteiger partial charge in [-0.25, -0.2) is 0 Å². The monoisotopic (exact) mass is 239 g/mol. The van der Waals surface area contributed by atoms with Gasteiger partial charge in [0, 0.05) is 31.7 Å². The number of rotatable bonds is 5. The van der Waals surface area contributed by atoms with Crippen LogP contribution in [0.2, 0.25) is 0 Å². The molecule has 0 radical (unpaired) electrons. The van der Waals surface area contributed by atoms with Crippen LogP contribution < -0.4 is 5.32 Å². The predicted octanol–water partition coefficient (Wildman–Crippen LogP) is 1.40. The number of fused-ring (bicyclic) bond motifs is 1. The molecule has 0 aromatic rings. The highest BCUT2D eigenvalue weighted by atomic mass is 15.3. The van der Waals surface area contributed by atoms with Crippen molar-refractivity contribution in [3.05, 3.63) is 0 Å². The molecule has 2 fully saturated rings. The molecule has 0 aromatic heterocycles. The zero-order valence-corrected chi connectivity index (χ0v) is 11.8. The van der Waals surface area contributed by atoms with Crippen molar-refractivity contribution in [1.29, 1.82) is 0 Å². The lowest BCUT2D eigenvalue weighted by Gasteiger charge is -2.42. The van der Waals surface area contributed by atoms with E-state index in [-0.39, 0.29) is 0 Å².